The third-order valence-corrected chi connectivity index (χ3v) is 7.02. The van der Waals surface area contributed by atoms with Crippen molar-refractivity contribution in [2.75, 3.05) is 10.2 Å². The molecule has 2 N–H and O–H groups in total. The van der Waals surface area contributed by atoms with E-state index in [9.17, 15) is 9.18 Å². The minimum absolute atomic E-state index is 0.0250. The van der Waals surface area contributed by atoms with Gasteiger partial charge in [0.15, 0.2) is 0 Å². The molecule has 1 aliphatic carbocycles. The van der Waals surface area contributed by atoms with Crippen molar-refractivity contribution >= 4 is 17.5 Å². The van der Waals surface area contributed by atoms with Gasteiger partial charge in [-0.25, -0.2) is 14.8 Å². The molecule has 0 unspecified atom stereocenters. The highest BCUT2D eigenvalue weighted by Crippen LogP contribution is 2.31. The molecule has 2 aromatic carbocycles. The summed E-state index contributed by atoms with van der Waals surface area (Å²) < 4.78 is 13.6. The molecule has 4 aromatic rings. The van der Waals surface area contributed by atoms with Crippen LogP contribution in [-0.4, -0.2) is 28.1 Å². The highest BCUT2D eigenvalue weighted by molar-refractivity contribution is 5.93. The van der Waals surface area contributed by atoms with Gasteiger partial charge in [0.25, 0.3) is 0 Å². The fraction of sp³-hybridized carbons (Fsp3) is 0.226. The number of amides is 2. The van der Waals surface area contributed by atoms with Gasteiger partial charge >= 0.3 is 6.03 Å². The molecule has 2 heterocycles. The molecule has 8 heteroatoms. The molecule has 0 spiro atoms. The predicted molar refractivity (Wildman–Crippen MR) is 149 cm³/mol. The van der Waals surface area contributed by atoms with Crippen molar-refractivity contribution in [3.05, 3.63) is 108 Å². The Morgan fingerprint density at radius 1 is 0.949 bits per heavy atom. The number of nitriles is 1. The van der Waals surface area contributed by atoms with Crippen LogP contribution in [0.2, 0.25) is 0 Å². The van der Waals surface area contributed by atoms with Crippen molar-refractivity contribution < 1.29 is 9.18 Å². The summed E-state index contributed by atoms with van der Waals surface area (Å²) in [5.41, 5.74) is 3.94. The maximum absolute atomic E-state index is 13.6. The van der Waals surface area contributed by atoms with Gasteiger partial charge in [0.1, 0.15) is 11.9 Å². The fourth-order valence-electron chi connectivity index (χ4n) is 4.98. The summed E-state index contributed by atoms with van der Waals surface area (Å²) in [6.45, 7) is 0.436. The number of anilines is 2. The van der Waals surface area contributed by atoms with Crippen LogP contribution in [0, 0.1) is 17.3 Å². The summed E-state index contributed by atoms with van der Waals surface area (Å²) in [5, 5.41) is 15.5. The van der Waals surface area contributed by atoms with Gasteiger partial charge in [-0.2, -0.15) is 9.65 Å². The Morgan fingerprint density at radius 2 is 1.72 bits per heavy atom. The van der Waals surface area contributed by atoms with E-state index < -0.39 is 5.95 Å². The third-order valence-electron chi connectivity index (χ3n) is 7.02. The van der Waals surface area contributed by atoms with Gasteiger partial charge in [-0.15, -0.1) is 0 Å². The SMILES string of the molecule is N#Cc1ccc(NC2CCC(N(C(=O)NCc3ccccc3)c3ccc(-c4ccnc(F)c4)cc3)CC2)nc1. The van der Waals surface area contributed by atoms with Crippen LogP contribution in [0.4, 0.5) is 20.7 Å². The Kier molecular flexibility index (Phi) is 8.08. The van der Waals surface area contributed by atoms with Gasteiger partial charge in [0, 0.05) is 42.8 Å². The molecule has 1 fully saturated rings. The number of carbonyl (C=O) groups excluding carboxylic acids is 1. The second-order valence-electron chi connectivity index (χ2n) is 9.62. The average molecular weight is 521 g/mol. The van der Waals surface area contributed by atoms with E-state index in [-0.39, 0.29) is 18.1 Å². The van der Waals surface area contributed by atoms with Crippen LogP contribution in [0.1, 0.15) is 36.8 Å². The van der Waals surface area contributed by atoms with Gasteiger partial charge < -0.3 is 10.6 Å². The molecule has 0 bridgehead atoms. The summed E-state index contributed by atoms with van der Waals surface area (Å²) in [7, 11) is 0. The molecule has 0 radical (unpaired) electrons. The molecule has 5 rings (SSSR count). The predicted octanol–water partition coefficient (Wildman–Crippen LogP) is 6.29. The van der Waals surface area contributed by atoms with E-state index in [0.717, 1.165) is 53.9 Å². The molecular formula is C31H29FN6O. The normalized spacial score (nSPS) is 16.6. The minimum Gasteiger partial charge on any atom is -0.367 e. The highest BCUT2D eigenvalue weighted by Gasteiger charge is 2.30. The van der Waals surface area contributed by atoms with E-state index >= 15 is 0 Å². The van der Waals surface area contributed by atoms with Crippen molar-refractivity contribution in [1.29, 1.82) is 5.26 Å². The van der Waals surface area contributed by atoms with Crippen molar-refractivity contribution in [1.82, 2.24) is 15.3 Å². The molecule has 2 aromatic heterocycles. The summed E-state index contributed by atoms with van der Waals surface area (Å²) in [4.78, 5) is 23.4. The van der Waals surface area contributed by atoms with Gasteiger partial charge in [-0.05, 0) is 72.7 Å². The first-order valence-electron chi connectivity index (χ1n) is 13.0. The summed E-state index contributed by atoms with van der Waals surface area (Å²) in [5.74, 6) is 0.220. The molecule has 2 amide bonds. The zero-order valence-electron chi connectivity index (χ0n) is 21.4. The molecule has 0 saturated heterocycles. The number of benzene rings is 2. The summed E-state index contributed by atoms with van der Waals surface area (Å²) in [6.07, 6.45) is 6.42. The van der Waals surface area contributed by atoms with E-state index in [1.807, 2.05) is 65.6 Å². The van der Waals surface area contributed by atoms with Crippen LogP contribution in [0.15, 0.2) is 91.3 Å². The Balaban J connectivity index is 1.30. The maximum atomic E-state index is 13.6. The number of aromatic nitrogens is 2. The zero-order valence-corrected chi connectivity index (χ0v) is 21.4. The second kappa shape index (κ2) is 12.2. The number of pyridine rings is 2. The Bertz CT molecular complexity index is 1430. The molecule has 7 nitrogen and oxygen atoms in total. The number of urea groups is 1. The zero-order chi connectivity index (χ0) is 27.0. The number of hydrogen-bond donors (Lipinski definition) is 2. The molecule has 0 atom stereocenters. The van der Waals surface area contributed by atoms with E-state index in [1.165, 1.54) is 12.3 Å². The van der Waals surface area contributed by atoms with Crippen molar-refractivity contribution in [3.8, 4) is 17.2 Å². The van der Waals surface area contributed by atoms with Crippen molar-refractivity contribution in [2.45, 2.75) is 44.3 Å². The lowest BCUT2D eigenvalue weighted by molar-refractivity contribution is 0.240. The van der Waals surface area contributed by atoms with Gasteiger partial charge in [-0.3, -0.25) is 4.90 Å². The third kappa shape index (κ3) is 6.57. The van der Waals surface area contributed by atoms with Gasteiger partial charge in [-0.1, -0.05) is 42.5 Å². The maximum Gasteiger partial charge on any atom is 0.322 e. The smallest absolute Gasteiger partial charge is 0.322 e. The molecule has 1 aliphatic rings. The summed E-state index contributed by atoms with van der Waals surface area (Å²) in [6, 6.07) is 26.4. The molecule has 39 heavy (non-hydrogen) atoms. The standard InChI is InChI=1S/C31H29FN6O/c32-29-18-25(16-17-34-29)24-7-11-27(12-8-24)38(31(39)36-20-22-4-2-1-3-5-22)28-13-9-26(10-14-28)37-30-15-6-23(19-33)21-35-30/h1-8,11-12,15-18,21,26,28H,9-10,13-14,20H2,(H,35,37)(H,36,39). The number of rotatable bonds is 7. The first-order chi connectivity index (χ1) is 19.1. The minimum atomic E-state index is -0.528. The lowest BCUT2D eigenvalue weighted by atomic mass is 9.89. The molecule has 1 saturated carbocycles. The van der Waals surface area contributed by atoms with Crippen LogP contribution in [0.5, 0.6) is 0 Å². The first kappa shape index (κ1) is 25.9. The number of halogens is 1. The molecular weight excluding hydrogens is 491 g/mol. The Morgan fingerprint density at radius 3 is 2.38 bits per heavy atom. The van der Waals surface area contributed by atoms with E-state index in [0.29, 0.717) is 12.1 Å². The van der Waals surface area contributed by atoms with Crippen LogP contribution in [0.25, 0.3) is 11.1 Å². The van der Waals surface area contributed by atoms with E-state index in [1.54, 1.807) is 18.3 Å². The first-order valence-corrected chi connectivity index (χ1v) is 13.0. The molecule has 0 aliphatic heterocycles. The van der Waals surface area contributed by atoms with Gasteiger partial charge in [0.2, 0.25) is 5.95 Å². The second-order valence-corrected chi connectivity index (χ2v) is 9.62. The fourth-order valence-corrected chi connectivity index (χ4v) is 4.98. The lowest BCUT2D eigenvalue weighted by Gasteiger charge is -2.37. The van der Waals surface area contributed by atoms with Crippen molar-refractivity contribution in [3.63, 3.8) is 0 Å². The largest absolute Gasteiger partial charge is 0.367 e. The van der Waals surface area contributed by atoms with Crippen LogP contribution in [0.3, 0.4) is 0 Å². The number of hydrogen-bond acceptors (Lipinski definition) is 5. The topological polar surface area (TPSA) is 93.9 Å². The quantitative estimate of drug-likeness (QED) is 0.279. The van der Waals surface area contributed by atoms with Crippen LogP contribution >= 0.6 is 0 Å². The van der Waals surface area contributed by atoms with E-state index in [4.69, 9.17) is 5.26 Å². The number of carbonyl (C=O) groups is 1. The Hall–Kier alpha value is -4.77. The van der Waals surface area contributed by atoms with E-state index in [2.05, 4.69) is 26.7 Å². The van der Waals surface area contributed by atoms with Crippen molar-refractivity contribution in [2.24, 2.45) is 0 Å². The lowest BCUT2D eigenvalue weighted by Crippen LogP contribution is -2.48. The van der Waals surface area contributed by atoms with Crippen LogP contribution < -0.4 is 15.5 Å². The Labute approximate surface area is 227 Å². The number of nitrogens with one attached hydrogen (secondary N) is 2. The average Bonchev–Trinajstić information content (AvgIpc) is 2.98. The highest BCUT2D eigenvalue weighted by atomic mass is 19.1. The monoisotopic (exact) mass is 520 g/mol. The van der Waals surface area contributed by atoms with Crippen LogP contribution in [-0.2, 0) is 6.54 Å². The molecule has 196 valence electrons. The summed E-state index contributed by atoms with van der Waals surface area (Å²) >= 11 is 0. The van der Waals surface area contributed by atoms with Gasteiger partial charge in [0.05, 0.1) is 5.56 Å². The number of nitrogens with zero attached hydrogens (tertiary/aromatic N) is 4.